The van der Waals surface area contributed by atoms with Gasteiger partial charge in [0.1, 0.15) is 0 Å². The standard InChI is InChI=1S/C16H13Br2NO4/c1-22-10-23-16-14(17)8-12(9-15(16)18)3-2-11-4-6-13(7-5-11)19(20)21/h2-9H,10H2,1H3. The number of non-ortho nitro benzene ring substituents is 1. The normalized spacial score (nSPS) is 10.9. The van der Waals surface area contributed by atoms with Gasteiger partial charge in [0.25, 0.3) is 5.69 Å². The summed E-state index contributed by atoms with van der Waals surface area (Å²) in [6.45, 7) is 0.162. The second-order valence-electron chi connectivity index (χ2n) is 4.55. The molecule has 0 N–H and O–H groups in total. The molecule has 2 aromatic carbocycles. The highest BCUT2D eigenvalue weighted by atomic mass is 79.9. The second kappa shape index (κ2) is 8.24. The van der Waals surface area contributed by atoms with E-state index >= 15 is 0 Å². The fraction of sp³-hybridized carbons (Fsp3) is 0.125. The molecule has 0 aromatic heterocycles. The molecular weight excluding hydrogens is 430 g/mol. The fourth-order valence-corrected chi connectivity index (χ4v) is 3.28. The smallest absolute Gasteiger partial charge is 0.269 e. The summed E-state index contributed by atoms with van der Waals surface area (Å²) in [5.74, 6) is 0.666. The van der Waals surface area contributed by atoms with E-state index in [2.05, 4.69) is 31.9 Å². The van der Waals surface area contributed by atoms with Crippen molar-refractivity contribution in [1.82, 2.24) is 0 Å². The second-order valence-corrected chi connectivity index (χ2v) is 6.26. The monoisotopic (exact) mass is 441 g/mol. The molecule has 0 fully saturated rings. The Morgan fingerprint density at radius 3 is 2.17 bits per heavy atom. The Kier molecular flexibility index (Phi) is 6.32. The van der Waals surface area contributed by atoms with E-state index in [1.54, 1.807) is 19.2 Å². The lowest BCUT2D eigenvalue weighted by Gasteiger charge is -2.10. The summed E-state index contributed by atoms with van der Waals surface area (Å²) in [6.07, 6.45) is 3.80. The molecule has 0 unspecified atom stereocenters. The predicted octanol–water partition coefficient (Wildman–Crippen LogP) is 5.27. The Morgan fingerprint density at radius 1 is 1.09 bits per heavy atom. The van der Waals surface area contributed by atoms with Crippen LogP contribution in [0.2, 0.25) is 0 Å². The number of ether oxygens (including phenoxy) is 2. The Labute approximate surface area is 150 Å². The van der Waals surface area contributed by atoms with E-state index in [0.29, 0.717) is 5.75 Å². The number of hydrogen-bond acceptors (Lipinski definition) is 4. The molecular formula is C16H13Br2NO4. The maximum absolute atomic E-state index is 10.6. The van der Waals surface area contributed by atoms with Crippen LogP contribution in [-0.2, 0) is 4.74 Å². The highest BCUT2D eigenvalue weighted by Crippen LogP contribution is 2.35. The van der Waals surface area contributed by atoms with Crippen LogP contribution < -0.4 is 4.74 Å². The van der Waals surface area contributed by atoms with Gasteiger partial charge in [0.15, 0.2) is 12.5 Å². The summed E-state index contributed by atoms with van der Waals surface area (Å²) in [4.78, 5) is 10.2. The molecule has 23 heavy (non-hydrogen) atoms. The number of nitrogens with zero attached hydrogens (tertiary/aromatic N) is 1. The topological polar surface area (TPSA) is 61.6 Å². The number of halogens is 2. The molecule has 0 aliphatic rings. The molecule has 2 aromatic rings. The first-order valence-corrected chi connectivity index (χ1v) is 8.13. The van der Waals surface area contributed by atoms with E-state index in [1.807, 2.05) is 24.3 Å². The maximum atomic E-state index is 10.6. The third kappa shape index (κ3) is 4.89. The van der Waals surface area contributed by atoms with Crippen molar-refractivity contribution < 1.29 is 14.4 Å². The largest absolute Gasteiger partial charge is 0.465 e. The van der Waals surface area contributed by atoms with Crippen LogP contribution in [0.1, 0.15) is 11.1 Å². The van der Waals surface area contributed by atoms with Crippen LogP contribution in [0.15, 0.2) is 45.3 Å². The van der Waals surface area contributed by atoms with Gasteiger partial charge in [0.05, 0.1) is 13.9 Å². The number of methoxy groups -OCH3 is 1. The van der Waals surface area contributed by atoms with Gasteiger partial charge in [-0.25, -0.2) is 0 Å². The predicted molar refractivity (Wildman–Crippen MR) is 96.4 cm³/mol. The van der Waals surface area contributed by atoms with Gasteiger partial charge in [-0.05, 0) is 67.3 Å². The summed E-state index contributed by atoms with van der Waals surface area (Å²) in [5, 5.41) is 10.6. The lowest BCUT2D eigenvalue weighted by molar-refractivity contribution is -0.384. The van der Waals surface area contributed by atoms with Crippen LogP contribution >= 0.6 is 31.9 Å². The van der Waals surface area contributed by atoms with Gasteiger partial charge in [-0.2, -0.15) is 0 Å². The maximum Gasteiger partial charge on any atom is 0.269 e. The van der Waals surface area contributed by atoms with Gasteiger partial charge in [0, 0.05) is 19.2 Å². The van der Waals surface area contributed by atoms with Crippen LogP contribution in [0.5, 0.6) is 5.75 Å². The van der Waals surface area contributed by atoms with Crippen molar-refractivity contribution in [1.29, 1.82) is 0 Å². The molecule has 0 atom stereocenters. The minimum absolute atomic E-state index is 0.0762. The summed E-state index contributed by atoms with van der Waals surface area (Å²) in [6, 6.07) is 10.2. The summed E-state index contributed by atoms with van der Waals surface area (Å²) in [7, 11) is 1.56. The van der Waals surface area contributed by atoms with Crippen LogP contribution in [0, 0.1) is 10.1 Å². The average molecular weight is 443 g/mol. The van der Waals surface area contributed by atoms with Gasteiger partial charge in [-0.3, -0.25) is 10.1 Å². The van der Waals surface area contributed by atoms with Crippen LogP contribution in [-0.4, -0.2) is 18.8 Å². The average Bonchev–Trinajstić information content (AvgIpc) is 2.52. The van der Waals surface area contributed by atoms with E-state index in [9.17, 15) is 10.1 Å². The van der Waals surface area contributed by atoms with Crippen LogP contribution in [0.3, 0.4) is 0 Å². The molecule has 120 valence electrons. The van der Waals surface area contributed by atoms with E-state index in [-0.39, 0.29) is 12.5 Å². The molecule has 0 aliphatic carbocycles. The molecule has 0 spiro atoms. The van der Waals surface area contributed by atoms with E-state index < -0.39 is 4.92 Å². The zero-order valence-corrected chi connectivity index (χ0v) is 15.3. The molecule has 0 heterocycles. The van der Waals surface area contributed by atoms with E-state index in [4.69, 9.17) is 9.47 Å². The number of rotatable bonds is 6. The zero-order valence-electron chi connectivity index (χ0n) is 12.2. The highest BCUT2D eigenvalue weighted by Gasteiger charge is 2.08. The van der Waals surface area contributed by atoms with Crippen molar-refractivity contribution >= 4 is 49.7 Å². The Balaban J connectivity index is 2.17. The first-order chi connectivity index (χ1) is 11.0. The number of hydrogen-bond donors (Lipinski definition) is 0. The fourth-order valence-electron chi connectivity index (χ4n) is 1.83. The number of benzene rings is 2. The van der Waals surface area contributed by atoms with E-state index in [0.717, 1.165) is 20.1 Å². The Hall–Kier alpha value is -1.70. The minimum Gasteiger partial charge on any atom is -0.465 e. The molecule has 5 nitrogen and oxygen atoms in total. The minimum atomic E-state index is -0.416. The first-order valence-electron chi connectivity index (χ1n) is 6.54. The van der Waals surface area contributed by atoms with Crippen molar-refractivity contribution in [2.24, 2.45) is 0 Å². The van der Waals surface area contributed by atoms with Crippen molar-refractivity contribution in [3.63, 3.8) is 0 Å². The molecule has 7 heteroatoms. The molecule has 0 bridgehead atoms. The third-order valence-electron chi connectivity index (χ3n) is 2.91. The van der Waals surface area contributed by atoms with Gasteiger partial charge in [0.2, 0.25) is 0 Å². The number of nitro benzene ring substituents is 1. The Bertz CT molecular complexity index is 706. The van der Waals surface area contributed by atoms with Crippen LogP contribution in [0.25, 0.3) is 12.2 Å². The van der Waals surface area contributed by atoms with Gasteiger partial charge in [-0.15, -0.1) is 0 Å². The van der Waals surface area contributed by atoms with Crippen molar-refractivity contribution in [2.75, 3.05) is 13.9 Å². The highest BCUT2D eigenvalue weighted by molar-refractivity contribution is 9.11. The molecule has 0 amide bonds. The number of nitro groups is 1. The van der Waals surface area contributed by atoms with E-state index in [1.165, 1.54) is 12.1 Å². The first kappa shape index (κ1) is 17.7. The summed E-state index contributed by atoms with van der Waals surface area (Å²) < 4.78 is 12.0. The van der Waals surface area contributed by atoms with Crippen molar-refractivity contribution in [3.05, 3.63) is 66.6 Å². The van der Waals surface area contributed by atoms with Crippen molar-refractivity contribution in [2.45, 2.75) is 0 Å². The zero-order chi connectivity index (χ0) is 16.8. The summed E-state index contributed by atoms with van der Waals surface area (Å²) >= 11 is 6.92. The molecule has 0 radical (unpaired) electrons. The quantitative estimate of drug-likeness (QED) is 0.264. The molecule has 0 saturated heterocycles. The van der Waals surface area contributed by atoms with Crippen molar-refractivity contribution in [3.8, 4) is 5.75 Å². The lowest BCUT2D eigenvalue weighted by atomic mass is 10.1. The molecule has 0 saturated carbocycles. The van der Waals surface area contributed by atoms with Gasteiger partial charge in [-0.1, -0.05) is 12.2 Å². The van der Waals surface area contributed by atoms with Crippen LogP contribution in [0.4, 0.5) is 5.69 Å². The SMILES string of the molecule is COCOc1c(Br)cc(C=Cc2ccc([N+](=O)[O-])cc2)cc1Br. The summed E-state index contributed by atoms with van der Waals surface area (Å²) in [5.41, 5.74) is 1.90. The Morgan fingerprint density at radius 2 is 1.65 bits per heavy atom. The molecule has 0 aliphatic heterocycles. The third-order valence-corrected chi connectivity index (χ3v) is 4.09. The van der Waals surface area contributed by atoms with Gasteiger partial charge >= 0.3 is 0 Å². The molecule has 2 rings (SSSR count). The van der Waals surface area contributed by atoms with Gasteiger partial charge < -0.3 is 9.47 Å². The lowest BCUT2D eigenvalue weighted by Crippen LogP contribution is -2.00.